The standard InChI is InChI=1S/C11H9BrClN3O3S/c1-19-10-7(12)6-14-11(15-10)16-20(17,18)9-5-3-2-4-8(9)13/h2-6H,1H3,(H,14,15,16). The second-order valence-corrected chi connectivity index (χ2v) is 6.50. The van der Waals surface area contributed by atoms with Crippen LogP contribution in [0, 0.1) is 0 Å². The molecule has 0 aliphatic rings. The summed E-state index contributed by atoms with van der Waals surface area (Å²) in [5, 5.41) is 0.115. The summed E-state index contributed by atoms with van der Waals surface area (Å²) in [7, 11) is -2.44. The molecule has 1 heterocycles. The van der Waals surface area contributed by atoms with Gasteiger partial charge in [-0.25, -0.2) is 18.1 Å². The lowest BCUT2D eigenvalue weighted by Crippen LogP contribution is -2.15. The first-order chi connectivity index (χ1) is 9.44. The fourth-order valence-corrected chi connectivity index (χ4v) is 3.21. The van der Waals surface area contributed by atoms with E-state index in [0.29, 0.717) is 4.47 Å². The van der Waals surface area contributed by atoms with Crippen LogP contribution in [0.4, 0.5) is 5.95 Å². The molecule has 0 spiro atoms. The zero-order valence-corrected chi connectivity index (χ0v) is 13.3. The van der Waals surface area contributed by atoms with Crippen LogP contribution in [-0.2, 0) is 10.0 Å². The molecule has 0 aliphatic carbocycles. The van der Waals surface area contributed by atoms with Gasteiger partial charge in [-0.1, -0.05) is 23.7 Å². The maximum atomic E-state index is 12.2. The highest BCUT2D eigenvalue weighted by Crippen LogP contribution is 2.25. The van der Waals surface area contributed by atoms with Crippen LogP contribution in [0.5, 0.6) is 5.88 Å². The Bertz CT molecular complexity index is 739. The zero-order valence-electron chi connectivity index (χ0n) is 10.2. The second kappa shape index (κ2) is 5.94. The molecule has 0 bridgehead atoms. The summed E-state index contributed by atoms with van der Waals surface area (Å²) in [6, 6.07) is 6.09. The predicted molar refractivity (Wildman–Crippen MR) is 78.5 cm³/mol. The molecule has 0 saturated heterocycles. The van der Waals surface area contributed by atoms with Crippen molar-refractivity contribution in [2.24, 2.45) is 0 Å². The number of sulfonamides is 1. The lowest BCUT2D eigenvalue weighted by atomic mass is 10.4. The Labute approximate surface area is 129 Å². The van der Waals surface area contributed by atoms with E-state index in [1.54, 1.807) is 12.1 Å². The number of ether oxygens (including phenoxy) is 1. The number of methoxy groups -OCH3 is 1. The number of anilines is 1. The first-order valence-electron chi connectivity index (χ1n) is 5.28. The molecule has 1 N–H and O–H groups in total. The van der Waals surface area contributed by atoms with Gasteiger partial charge in [0, 0.05) is 0 Å². The van der Waals surface area contributed by atoms with Crippen molar-refractivity contribution in [2.75, 3.05) is 11.8 Å². The average molecular weight is 379 g/mol. The quantitative estimate of drug-likeness (QED) is 0.884. The van der Waals surface area contributed by atoms with Gasteiger partial charge in [0.15, 0.2) is 0 Å². The molecule has 106 valence electrons. The third kappa shape index (κ3) is 3.20. The molecular weight excluding hydrogens is 370 g/mol. The van der Waals surface area contributed by atoms with E-state index in [2.05, 4.69) is 30.6 Å². The molecule has 2 rings (SSSR count). The number of hydrogen-bond donors (Lipinski definition) is 1. The topological polar surface area (TPSA) is 81.2 Å². The first-order valence-corrected chi connectivity index (χ1v) is 7.93. The van der Waals surface area contributed by atoms with Crippen LogP contribution >= 0.6 is 27.5 Å². The van der Waals surface area contributed by atoms with E-state index in [1.807, 2.05) is 0 Å². The van der Waals surface area contributed by atoms with Crippen molar-refractivity contribution >= 4 is 43.5 Å². The molecule has 1 aromatic heterocycles. The van der Waals surface area contributed by atoms with Gasteiger partial charge >= 0.3 is 0 Å². The van der Waals surface area contributed by atoms with Gasteiger partial charge in [0.25, 0.3) is 10.0 Å². The van der Waals surface area contributed by atoms with Crippen LogP contribution in [0.1, 0.15) is 0 Å². The van der Waals surface area contributed by atoms with Gasteiger partial charge < -0.3 is 4.74 Å². The SMILES string of the molecule is COc1nc(NS(=O)(=O)c2ccccc2Cl)ncc1Br. The minimum Gasteiger partial charge on any atom is -0.480 e. The molecule has 0 atom stereocenters. The molecule has 6 nitrogen and oxygen atoms in total. The number of nitrogens with one attached hydrogen (secondary N) is 1. The minimum absolute atomic E-state index is 0.0489. The summed E-state index contributed by atoms with van der Waals surface area (Å²) < 4.78 is 32.1. The summed E-state index contributed by atoms with van der Waals surface area (Å²) in [5.74, 6) is 0.113. The maximum absolute atomic E-state index is 12.2. The van der Waals surface area contributed by atoms with E-state index in [-0.39, 0.29) is 21.7 Å². The lowest BCUT2D eigenvalue weighted by Gasteiger charge is -2.09. The van der Waals surface area contributed by atoms with Crippen molar-refractivity contribution in [1.82, 2.24) is 9.97 Å². The summed E-state index contributed by atoms with van der Waals surface area (Å²) in [6.07, 6.45) is 1.39. The molecule has 1 aromatic carbocycles. The van der Waals surface area contributed by atoms with Crippen molar-refractivity contribution in [3.8, 4) is 5.88 Å². The highest BCUT2D eigenvalue weighted by Gasteiger charge is 2.19. The summed E-state index contributed by atoms with van der Waals surface area (Å²) in [4.78, 5) is 7.72. The summed E-state index contributed by atoms with van der Waals surface area (Å²) >= 11 is 9.05. The Hall–Kier alpha value is -1.38. The molecule has 2 aromatic rings. The molecule has 20 heavy (non-hydrogen) atoms. The molecule has 0 radical (unpaired) electrons. The largest absolute Gasteiger partial charge is 0.480 e. The van der Waals surface area contributed by atoms with Crippen LogP contribution in [-0.4, -0.2) is 25.5 Å². The minimum atomic E-state index is -3.86. The summed E-state index contributed by atoms with van der Waals surface area (Å²) in [6.45, 7) is 0. The Morgan fingerprint density at radius 3 is 2.70 bits per heavy atom. The smallest absolute Gasteiger partial charge is 0.265 e. The number of nitrogens with zero attached hydrogens (tertiary/aromatic N) is 2. The van der Waals surface area contributed by atoms with Crippen molar-refractivity contribution in [2.45, 2.75) is 4.90 Å². The second-order valence-electron chi connectivity index (χ2n) is 3.59. The van der Waals surface area contributed by atoms with Crippen molar-refractivity contribution in [3.63, 3.8) is 0 Å². The molecular formula is C11H9BrClN3O3S. The monoisotopic (exact) mass is 377 g/mol. The molecule has 0 unspecified atom stereocenters. The van der Waals surface area contributed by atoms with Crippen LogP contribution in [0.3, 0.4) is 0 Å². The van der Waals surface area contributed by atoms with Gasteiger partial charge in [0.1, 0.15) is 4.90 Å². The van der Waals surface area contributed by atoms with Gasteiger partial charge in [-0.2, -0.15) is 4.98 Å². The molecule has 0 amide bonds. The average Bonchev–Trinajstić information content (AvgIpc) is 2.41. The summed E-state index contributed by atoms with van der Waals surface area (Å²) in [5.41, 5.74) is 0. The van der Waals surface area contributed by atoms with Crippen LogP contribution in [0.25, 0.3) is 0 Å². The number of rotatable bonds is 4. The molecule has 0 aliphatic heterocycles. The van der Waals surface area contributed by atoms with Gasteiger partial charge in [0.2, 0.25) is 11.8 Å². The van der Waals surface area contributed by atoms with Gasteiger partial charge in [-0.15, -0.1) is 0 Å². The molecule has 0 fully saturated rings. The predicted octanol–water partition coefficient (Wildman–Crippen LogP) is 2.70. The normalized spacial score (nSPS) is 11.2. The fraction of sp³-hybridized carbons (Fsp3) is 0.0909. The van der Waals surface area contributed by atoms with E-state index < -0.39 is 10.0 Å². The van der Waals surface area contributed by atoms with Crippen molar-refractivity contribution < 1.29 is 13.2 Å². The van der Waals surface area contributed by atoms with Gasteiger partial charge in [0.05, 0.1) is 22.8 Å². The van der Waals surface area contributed by atoms with E-state index in [9.17, 15) is 8.42 Å². The Morgan fingerprint density at radius 1 is 1.35 bits per heavy atom. The number of benzene rings is 1. The van der Waals surface area contributed by atoms with E-state index >= 15 is 0 Å². The van der Waals surface area contributed by atoms with Crippen molar-refractivity contribution in [1.29, 1.82) is 0 Å². The molecule has 0 saturated carbocycles. The van der Waals surface area contributed by atoms with E-state index in [1.165, 1.54) is 25.4 Å². The van der Waals surface area contributed by atoms with E-state index in [4.69, 9.17) is 16.3 Å². The number of halogens is 2. The fourth-order valence-electron chi connectivity index (χ4n) is 1.38. The van der Waals surface area contributed by atoms with Gasteiger partial charge in [-0.3, -0.25) is 0 Å². The Morgan fingerprint density at radius 2 is 2.05 bits per heavy atom. The molecule has 9 heteroatoms. The van der Waals surface area contributed by atoms with Crippen LogP contribution in [0.2, 0.25) is 5.02 Å². The van der Waals surface area contributed by atoms with Gasteiger partial charge in [-0.05, 0) is 28.1 Å². The maximum Gasteiger partial charge on any atom is 0.265 e. The number of hydrogen-bond acceptors (Lipinski definition) is 5. The van der Waals surface area contributed by atoms with Crippen molar-refractivity contribution in [3.05, 3.63) is 40.0 Å². The number of aromatic nitrogens is 2. The van der Waals surface area contributed by atoms with Crippen LogP contribution in [0.15, 0.2) is 39.8 Å². The zero-order chi connectivity index (χ0) is 14.8. The third-order valence-corrected chi connectivity index (χ3v) is 4.63. The van der Waals surface area contributed by atoms with E-state index in [0.717, 1.165) is 0 Å². The Balaban J connectivity index is 2.36. The first kappa shape index (κ1) is 15.0. The van der Waals surface area contributed by atoms with Crippen LogP contribution < -0.4 is 9.46 Å². The highest BCUT2D eigenvalue weighted by atomic mass is 79.9. The Kier molecular flexibility index (Phi) is 4.46. The highest BCUT2D eigenvalue weighted by molar-refractivity contribution is 9.10. The lowest BCUT2D eigenvalue weighted by molar-refractivity contribution is 0.394. The third-order valence-electron chi connectivity index (χ3n) is 2.26.